The van der Waals surface area contributed by atoms with Gasteiger partial charge in [0.2, 0.25) is 0 Å². The van der Waals surface area contributed by atoms with Crippen LogP contribution in [-0.4, -0.2) is 25.3 Å². The van der Waals surface area contributed by atoms with Gasteiger partial charge in [0, 0.05) is 12.6 Å². The van der Waals surface area contributed by atoms with E-state index in [-0.39, 0.29) is 5.82 Å². The van der Waals surface area contributed by atoms with Crippen LogP contribution in [-0.2, 0) is 11.2 Å². The fraction of sp³-hybridized carbons (Fsp3) is 0.625. The van der Waals surface area contributed by atoms with Gasteiger partial charge in [0.15, 0.2) is 0 Å². The molecule has 1 aliphatic rings. The molecule has 1 aliphatic heterocycles. The van der Waals surface area contributed by atoms with Gasteiger partial charge in [0.25, 0.3) is 0 Å². The molecule has 112 valence electrons. The number of likely N-dealkylation sites (N-methyl/N-ethyl adjacent to an activating group) is 1. The molecule has 0 spiro atoms. The van der Waals surface area contributed by atoms with Gasteiger partial charge in [0.1, 0.15) is 5.82 Å². The van der Waals surface area contributed by atoms with E-state index in [1.54, 1.807) is 0 Å². The molecule has 1 aromatic carbocycles. The SMILES string of the molecule is CCNC(CCC1CCCO1)Cc1ccc(F)c(Br)c1. The maximum absolute atomic E-state index is 13.3. The lowest BCUT2D eigenvalue weighted by Gasteiger charge is -2.20. The van der Waals surface area contributed by atoms with Crippen molar-refractivity contribution in [3.05, 3.63) is 34.1 Å². The van der Waals surface area contributed by atoms with Crippen LogP contribution in [0.4, 0.5) is 4.39 Å². The average Bonchev–Trinajstić information content (AvgIpc) is 2.94. The number of rotatable bonds is 7. The van der Waals surface area contributed by atoms with Crippen molar-refractivity contribution in [1.82, 2.24) is 5.32 Å². The predicted octanol–water partition coefficient (Wildman–Crippen LogP) is 4.07. The van der Waals surface area contributed by atoms with Crippen LogP contribution in [0.3, 0.4) is 0 Å². The third-order valence-corrected chi connectivity index (χ3v) is 4.43. The number of benzene rings is 1. The maximum Gasteiger partial charge on any atom is 0.137 e. The second kappa shape index (κ2) is 8.11. The molecular weight excluding hydrogens is 321 g/mol. The van der Waals surface area contributed by atoms with Crippen molar-refractivity contribution in [2.75, 3.05) is 13.2 Å². The van der Waals surface area contributed by atoms with Crippen molar-refractivity contribution in [2.24, 2.45) is 0 Å². The minimum absolute atomic E-state index is 0.201. The summed E-state index contributed by atoms with van der Waals surface area (Å²) in [4.78, 5) is 0. The molecule has 0 amide bonds. The van der Waals surface area contributed by atoms with Crippen molar-refractivity contribution in [3.8, 4) is 0 Å². The van der Waals surface area contributed by atoms with E-state index in [4.69, 9.17) is 4.74 Å². The fourth-order valence-electron chi connectivity index (χ4n) is 2.78. The summed E-state index contributed by atoms with van der Waals surface area (Å²) in [5, 5.41) is 3.52. The van der Waals surface area contributed by atoms with Crippen LogP contribution in [0.25, 0.3) is 0 Å². The van der Waals surface area contributed by atoms with Crippen molar-refractivity contribution < 1.29 is 9.13 Å². The van der Waals surface area contributed by atoms with Gasteiger partial charge in [-0.3, -0.25) is 0 Å². The zero-order valence-electron chi connectivity index (χ0n) is 12.0. The van der Waals surface area contributed by atoms with E-state index in [1.807, 2.05) is 12.1 Å². The number of ether oxygens (including phenoxy) is 1. The Balaban J connectivity index is 1.88. The maximum atomic E-state index is 13.3. The van der Waals surface area contributed by atoms with E-state index in [0.29, 0.717) is 16.6 Å². The summed E-state index contributed by atoms with van der Waals surface area (Å²) in [7, 11) is 0. The molecule has 1 saturated heterocycles. The zero-order valence-corrected chi connectivity index (χ0v) is 13.6. The van der Waals surface area contributed by atoms with Gasteiger partial charge in [-0.25, -0.2) is 4.39 Å². The summed E-state index contributed by atoms with van der Waals surface area (Å²) in [6, 6.07) is 5.71. The van der Waals surface area contributed by atoms with Crippen molar-refractivity contribution in [2.45, 2.75) is 51.2 Å². The quantitative estimate of drug-likeness (QED) is 0.805. The first-order chi connectivity index (χ1) is 9.69. The van der Waals surface area contributed by atoms with Crippen molar-refractivity contribution in [1.29, 1.82) is 0 Å². The third kappa shape index (κ3) is 4.83. The monoisotopic (exact) mass is 343 g/mol. The highest BCUT2D eigenvalue weighted by Gasteiger charge is 2.18. The minimum atomic E-state index is -0.201. The highest BCUT2D eigenvalue weighted by Crippen LogP contribution is 2.21. The van der Waals surface area contributed by atoms with Crippen LogP contribution in [0.5, 0.6) is 0 Å². The second-order valence-corrected chi connectivity index (χ2v) is 6.27. The fourth-order valence-corrected chi connectivity index (χ4v) is 3.20. The molecule has 1 N–H and O–H groups in total. The predicted molar refractivity (Wildman–Crippen MR) is 83.5 cm³/mol. The summed E-state index contributed by atoms with van der Waals surface area (Å²) in [6.07, 6.45) is 5.98. The van der Waals surface area contributed by atoms with Crippen molar-refractivity contribution in [3.63, 3.8) is 0 Å². The molecule has 2 unspecified atom stereocenters. The van der Waals surface area contributed by atoms with Gasteiger partial charge in [-0.1, -0.05) is 13.0 Å². The summed E-state index contributed by atoms with van der Waals surface area (Å²) in [5.74, 6) is -0.201. The molecule has 0 aliphatic carbocycles. The molecule has 0 radical (unpaired) electrons. The number of nitrogens with one attached hydrogen (secondary N) is 1. The van der Waals surface area contributed by atoms with E-state index >= 15 is 0 Å². The molecule has 2 atom stereocenters. The van der Waals surface area contributed by atoms with Crippen molar-refractivity contribution >= 4 is 15.9 Å². The Morgan fingerprint density at radius 3 is 3.00 bits per heavy atom. The average molecular weight is 344 g/mol. The van der Waals surface area contributed by atoms with Gasteiger partial charge < -0.3 is 10.1 Å². The Bertz CT molecular complexity index is 421. The largest absolute Gasteiger partial charge is 0.378 e. The van der Waals surface area contributed by atoms with Gasteiger partial charge >= 0.3 is 0 Å². The first kappa shape index (κ1) is 15.9. The summed E-state index contributed by atoms with van der Waals surface area (Å²) in [6.45, 7) is 4.00. The molecule has 0 aromatic heterocycles. The highest BCUT2D eigenvalue weighted by molar-refractivity contribution is 9.10. The summed E-state index contributed by atoms with van der Waals surface area (Å²) in [5.41, 5.74) is 1.16. The first-order valence-electron chi connectivity index (χ1n) is 7.48. The van der Waals surface area contributed by atoms with Crippen LogP contribution < -0.4 is 5.32 Å². The molecule has 1 aromatic rings. The van der Waals surface area contributed by atoms with Crippen LogP contribution in [0, 0.1) is 5.82 Å². The lowest BCUT2D eigenvalue weighted by atomic mass is 9.99. The minimum Gasteiger partial charge on any atom is -0.378 e. The molecule has 20 heavy (non-hydrogen) atoms. The summed E-state index contributed by atoms with van der Waals surface area (Å²) >= 11 is 3.25. The highest BCUT2D eigenvalue weighted by atomic mass is 79.9. The molecule has 1 heterocycles. The van der Waals surface area contributed by atoms with E-state index in [0.717, 1.165) is 38.0 Å². The van der Waals surface area contributed by atoms with Gasteiger partial charge in [-0.2, -0.15) is 0 Å². The van der Waals surface area contributed by atoms with Gasteiger partial charge in [0.05, 0.1) is 10.6 Å². The lowest BCUT2D eigenvalue weighted by molar-refractivity contribution is 0.0996. The second-order valence-electron chi connectivity index (χ2n) is 5.42. The Labute approximate surface area is 129 Å². The Hall–Kier alpha value is -0.450. The van der Waals surface area contributed by atoms with Gasteiger partial charge in [-0.15, -0.1) is 0 Å². The molecule has 0 bridgehead atoms. The standard InChI is InChI=1S/C16H23BrFNO/c1-2-19-13(6-7-14-4-3-9-20-14)10-12-5-8-16(18)15(17)11-12/h5,8,11,13-14,19H,2-4,6-7,9-10H2,1H3. The first-order valence-corrected chi connectivity index (χ1v) is 8.27. The molecular formula is C16H23BrFNO. The molecule has 4 heteroatoms. The Morgan fingerprint density at radius 1 is 1.50 bits per heavy atom. The van der Waals surface area contributed by atoms with Crippen LogP contribution in [0.2, 0.25) is 0 Å². The Kier molecular flexibility index (Phi) is 6.46. The molecule has 0 saturated carbocycles. The number of hydrogen-bond donors (Lipinski definition) is 1. The normalized spacial score (nSPS) is 20.2. The molecule has 2 rings (SSSR count). The Morgan fingerprint density at radius 2 is 2.35 bits per heavy atom. The summed E-state index contributed by atoms with van der Waals surface area (Å²) < 4.78 is 19.5. The number of halogens is 2. The number of hydrogen-bond acceptors (Lipinski definition) is 2. The third-order valence-electron chi connectivity index (χ3n) is 3.82. The topological polar surface area (TPSA) is 21.3 Å². The van der Waals surface area contributed by atoms with E-state index in [9.17, 15) is 4.39 Å². The van der Waals surface area contributed by atoms with Crippen LogP contribution in [0.15, 0.2) is 22.7 Å². The van der Waals surface area contributed by atoms with E-state index in [2.05, 4.69) is 28.2 Å². The molecule has 2 nitrogen and oxygen atoms in total. The molecule has 1 fully saturated rings. The van der Waals surface area contributed by atoms with Crippen LogP contribution in [0.1, 0.15) is 38.2 Å². The van der Waals surface area contributed by atoms with Crippen LogP contribution >= 0.6 is 15.9 Å². The smallest absolute Gasteiger partial charge is 0.137 e. The zero-order chi connectivity index (χ0) is 14.4. The van der Waals surface area contributed by atoms with E-state index < -0.39 is 0 Å². The lowest BCUT2D eigenvalue weighted by Crippen LogP contribution is -2.32. The van der Waals surface area contributed by atoms with Gasteiger partial charge in [-0.05, 0) is 72.3 Å². The van der Waals surface area contributed by atoms with E-state index in [1.165, 1.54) is 18.9 Å².